The van der Waals surface area contributed by atoms with Gasteiger partial charge in [-0.15, -0.1) is 0 Å². The van der Waals surface area contributed by atoms with E-state index in [1.807, 2.05) is 6.92 Å². The van der Waals surface area contributed by atoms with Crippen LogP contribution in [-0.4, -0.2) is 34.3 Å². The monoisotopic (exact) mass is 210 g/mol. The molecule has 0 spiro atoms. The first kappa shape index (κ1) is 9.27. The molecule has 2 heterocycles. The maximum atomic E-state index is 11.1. The molecule has 1 atom stereocenters. The fourth-order valence-corrected chi connectivity index (χ4v) is 1.60. The summed E-state index contributed by atoms with van der Waals surface area (Å²) in [7, 11) is 0. The van der Waals surface area contributed by atoms with E-state index >= 15 is 0 Å². The van der Waals surface area contributed by atoms with Crippen molar-refractivity contribution in [3.8, 4) is 0 Å². The van der Waals surface area contributed by atoms with Crippen LogP contribution in [0.1, 0.15) is 13.8 Å². The smallest absolute Gasteiger partial charge is 0.293 e. The number of ketones is 1. The minimum absolute atomic E-state index is 0.0976. The molecule has 14 heavy (non-hydrogen) atoms. The molecule has 2 aliphatic heterocycles. The molecule has 72 valence electrons. The number of nitrogens with zero attached hydrogens (tertiary/aromatic N) is 3. The van der Waals surface area contributed by atoms with E-state index < -0.39 is 0 Å². The normalized spacial score (nSPS) is 24.6. The SMILES string of the molecule is CC(=O)C1=N[N+]2=CC(C)=NC2C(Cl)=C1. The first-order chi connectivity index (χ1) is 6.58. The molecule has 0 aromatic heterocycles. The van der Waals surface area contributed by atoms with Crippen molar-refractivity contribution < 1.29 is 9.48 Å². The van der Waals surface area contributed by atoms with Crippen LogP contribution in [0.3, 0.4) is 0 Å². The lowest BCUT2D eigenvalue weighted by atomic mass is 10.2. The number of rotatable bonds is 1. The van der Waals surface area contributed by atoms with E-state index in [1.165, 1.54) is 6.92 Å². The molecule has 0 aromatic carbocycles. The molecule has 5 heteroatoms. The van der Waals surface area contributed by atoms with Crippen molar-refractivity contribution in [2.45, 2.75) is 20.0 Å². The molecule has 0 saturated carbocycles. The summed E-state index contributed by atoms with van der Waals surface area (Å²) >= 11 is 5.98. The number of aliphatic imine (C=N–C) groups is 1. The van der Waals surface area contributed by atoms with Gasteiger partial charge in [0, 0.05) is 12.0 Å². The zero-order chi connectivity index (χ0) is 10.3. The molecule has 0 radical (unpaired) electrons. The summed E-state index contributed by atoms with van der Waals surface area (Å²) in [5, 5.41) is 4.64. The second kappa shape index (κ2) is 3.13. The average Bonchev–Trinajstić information content (AvgIpc) is 2.45. The average molecular weight is 211 g/mol. The summed E-state index contributed by atoms with van der Waals surface area (Å²) in [6.07, 6.45) is 3.07. The molecule has 4 nitrogen and oxygen atoms in total. The maximum Gasteiger partial charge on any atom is 0.313 e. The highest BCUT2D eigenvalue weighted by molar-refractivity contribution is 6.46. The van der Waals surface area contributed by atoms with Gasteiger partial charge in [0.2, 0.25) is 6.21 Å². The molecule has 0 fully saturated rings. The molecule has 0 N–H and O–H groups in total. The first-order valence-electron chi connectivity index (χ1n) is 4.22. The predicted molar refractivity (Wildman–Crippen MR) is 55.3 cm³/mol. The zero-order valence-electron chi connectivity index (χ0n) is 7.86. The van der Waals surface area contributed by atoms with Crippen LogP contribution >= 0.6 is 11.6 Å². The van der Waals surface area contributed by atoms with E-state index in [9.17, 15) is 4.79 Å². The Morgan fingerprint density at radius 2 is 2.36 bits per heavy atom. The fourth-order valence-electron chi connectivity index (χ4n) is 1.35. The van der Waals surface area contributed by atoms with Gasteiger partial charge in [0.05, 0.1) is 0 Å². The summed E-state index contributed by atoms with van der Waals surface area (Å²) in [6.45, 7) is 3.33. The van der Waals surface area contributed by atoms with E-state index in [1.54, 1.807) is 17.0 Å². The van der Waals surface area contributed by atoms with Crippen LogP contribution in [0.4, 0.5) is 0 Å². The highest BCUT2D eigenvalue weighted by atomic mass is 35.5. The van der Waals surface area contributed by atoms with Crippen molar-refractivity contribution >= 4 is 35.0 Å². The summed E-state index contributed by atoms with van der Waals surface area (Å²) in [4.78, 5) is 15.4. The number of carbonyl (C=O) groups is 1. The fraction of sp³-hybridized carbons (Fsp3) is 0.333. The number of hydrazone groups is 1. The van der Waals surface area contributed by atoms with Crippen molar-refractivity contribution in [1.29, 1.82) is 0 Å². The second-order valence-corrected chi connectivity index (χ2v) is 3.66. The van der Waals surface area contributed by atoms with Gasteiger partial charge in [0.25, 0.3) is 0 Å². The Morgan fingerprint density at radius 3 is 3.00 bits per heavy atom. The Hall–Kier alpha value is -1.29. The third-order valence-corrected chi connectivity index (χ3v) is 2.31. The van der Waals surface area contributed by atoms with Gasteiger partial charge >= 0.3 is 6.17 Å². The van der Waals surface area contributed by atoms with Gasteiger partial charge in [-0.3, -0.25) is 4.79 Å². The van der Waals surface area contributed by atoms with Gasteiger partial charge in [-0.25, -0.2) is 4.99 Å². The third-order valence-electron chi connectivity index (χ3n) is 2.00. The van der Waals surface area contributed by atoms with Crippen LogP contribution in [0.2, 0.25) is 0 Å². The Balaban J connectivity index is 2.44. The van der Waals surface area contributed by atoms with Crippen LogP contribution in [0.15, 0.2) is 21.2 Å². The van der Waals surface area contributed by atoms with Gasteiger partial charge in [-0.1, -0.05) is 16.3 Å². The molecule has 0 amide bonds. The minimum atomic E-state index is -0.264. The molecular formula is C9H9ClN3O+. The summed E-state index contributed by atoms with van der Waals surface area (Å²) in [6, 6.07) is 0. The van der Waals surface area contributed by atoms with E-state index in [4.69, 9.17) is 11.6 Å². The molecule has 1 unspecified atom stereocenters. The number of hydrogen-bond donors (Lipinski definition) is 0. The van der Waals surface area contributed by atoms with Gasteiger partial charge in [-0.05, 0) is 13.0 Å². The van der Waals surface area contributed by atoms with Gasteiger partial charge < -0.3 is 0 Å². The summed E-state index contributed by atoms with van der Waals surface area (Å²) < 4.78 is 1.61. The van der Waals surface area contributed by atoms with Crippen molar-refractivity contribution in [2.75, 3.05) is 0 Å². The van der Waals surface area contributed by atoms with E-state index in [-0.39, 0.29) is 11.9 Å². The van der Waals surface area contributed by atoms with E-state index in [0.29, 0.717) is 10.7 Å². The van der Waals surface area contributed by atoms with Gasteiger partial charge in [0.15, 0.2) is 11.5 Å². The quantitative estimate of drug-likeness (QED) is 0.595. The topological polar surface area (TPSA) is 44.8 Å². The highest BCUT2D eigenvalue weighted by Crippen LogP contribution is 2.20. The number of hydrogen-bond acceptors (Lipinski definition) is 3. The Kier molecular flexibility index (Phi) is 2.07. The molecule has 0 aliphatic carbocycles. The Labute approximate surface area is 86.3 Å². The van der Waals surface area contributed by atoms with Crippen molar-refractivity contribution in [1.82, 2.24) is 0 Å². The predicted octanol–water partition coefficient (Wildman–Crippen LogP) is 0.952. The van der Waals surface area contributed by atoms with E-state index in [2.05, 4.69) is 10.1 Å². The second-order valence-electron chi connectivity index (χ2n) is 3.22. The lowest BCUT2D eigenvalue weighted by Crippen LogP contribution is -2.26. The molecular weight excluding hydrogens is 202 g/mol. The lowest BCUT2D eigenvalue weighted by Gasteiger charge is -2.07. The largest absolute Gasteiger partial charge is 0.313 e. The van der Waals surface area contributed by atoms with Gasteiger partial charge in [-0.2, -0.15) is 0 Å². The number of Topliss-reactive ketones (excluding diaryl/α,β-unsaturated/α-hetero) is 1. The highest BCUT2D eigenvalue weighted by Gasteiger charge is 2.34. The first-order valence-corrected chi connectivity index (χ1v) is 4.60. The summed E-state index contributed by atoms with van der Waals surface area (Å²) in [5.74, 6) is -0.0976. The Bertz CT molecular complexity index is 431. The minimum Gasteiger partial charge on any atom is -0.293 e. The van der Waals surface area contributed by atoms with Crippen molar-refractivity contribution in [3.63, 3.8) is 0 Å². The summed E-state index contributed by atoms with van der Waals surface area (Å²) in [5.41, 5.74) is 1.22. The van der Waals surface area contributed by atoms with Crippen LogP contribution in [0.25, 0.3) is 0 Å². The number of halogens is 1. The Morgan fingerprint density at radius 1 is 1.64 bits per heavy atom. The van der Waals surface area contributed by atoms with Crippen molar-refractivity contribution in [2.24, 2.45) is 10.1 Å². The number of carbonyl (C=O) groups excluding carboxylic acids is 1. The van der Waals surface area contributed by atoms with Crippen LogP contribution in [0.5, 0.6) is 0 Å². The van der Waals surface area contributed by atoms with Gasteiger partial charge in [0.1, 0.15) is 10.7 Å². The molecule has 0 saturated heterocycles. The van der Waals surface area contributed by atoms with Crippen LogP contribution in [0, 0.1) is 0 Å². The number of fused-ring (bicyclic) bond motifs is 1. The third kappa shape index (κ3) is 1.42. The van der Waals surface area contributed by atoms with Crippen LogP contribution < -0.4 is 0 Å². The maximum absolute atomic E-state index is 11.1. The van der Waals surface area contributed by atoms with Crippen molar-refractivity contribution in [3.05, 3.63) is 11.1 Å². The molecule has 2 rings (SSSR count). The van der Waals surface area contributed by atoms with E-state index in [0.717, 1.165) is 5.71 Å². The number of allylic oxidation sites excluding steroid dienone is 1. The standard InChI is InChI=1S/C9H9ClN3O/c1-5-4-13-9(11-5)7(10)3-8(12-13)6(2)14/h3-4,9H,1-2H3/q+1. The lowest BCUT2D eigenvalue weighted by molar-refractivity contribution is -0.551. The molecule has 2 aliphatic rings. The zero-order valence-corrected chi connectivity index (χ0v) is 8.62. The molecule has 0 bridgehead atoms. The molecule has 0 aromatic rings. The van der Waals surface area contributed by atoms with Crippen LogP contribution in [-0.2, 0) is 4.79 Å².